The van der Waals surface area contributed by atoms with E-state index in [-0.39, 0.29) is 22.4 Å². The quantitative estimate of drug-likeness (QED) is 0.310. The summed E-state index contributed by atoms with van der Waals surface area (Å²) in [6, 6.07) is 13.6. The molecular weight excluding hydrogens is 479 g/mol. The lowest BCUT2D eigenvalue weighted by Crippen LogP contribution is -2.16. The lowest BCUT2D eigenvalue weighted by molar-refractivity contribution is -0.137. The van der Waals surface area contributed by atoms with Gasteiger partial charge in [0.15, 0.2) is 0 Å². The van der Waals surface area contributed by atoms with E-state index in [0.29, 0.717) is 11.5 Å². The van der Waals surface area contributed by atoms with Gasteiger partial charge < -0.3 is 15.2 Å². The molecule has 0 saturated heterocycles. The molecule has 0 aliphatic heterocycles. The number of halogens is 4. The van der Waals surface area contributed by atoms with Gasteiger partial charge in [0, 0.05) is 28.8 Å². The average Bonchev–Trinajstić information content (AvgIpc) is 3.24. The van der Waals surface area contributed by atoms with Crippen molar-refractivity contribution < 1.29 is 18.0 Å². The molecule has 1 amide bonds. The van der Waals surface area contributed by atoms with E-state index >= 15 is 0 Å². The van der Waals surface area contributed by atoms with Crippen molar-refractivity contribution in [2.75, 3.05) is 10.6 Å². The van der Waals surface area contributed by atoms with Crippen LogP contribution in [0, 0.1) is 6.92 Å². The van der Waals surface area contributed by atoms with Crippen LogP contribution in [-0.4, -0.2) is 20.4 Å². The van der Waals surface area contributed by atoms with Gasteiger partial charge in [-0.15, -0.1) is 0 Å². The average molecular weight is 500 g/mol. The number of nitrogens with one attached hydrogen (secondary N) is 2. The van der Waals surface area contributed by atoms with Crippen molar-refractivity contribution in [2.24, 2.45) is 0 Å². The fourth-order valence-electron chi connectivity index (χ4n) is 3.61. The highest BCUT2D eigenvalue weighted by atomic mass is 35.5. The van der Waals surface area contributed by atoms with Crippen molar-refractivity contribution in [1.29, 1.82) is 0 Å². The molecule has 1 atom stereocenters. The maximum absolute atomic E-state index is 13.6. The number of hydrogen-bond acceptors (Lipinski definition) is 4. The van der Waals surface area contributed by atoms with Crippen LogP contribution in [0.5, 0.6) is 0 Å². The van der Waals surface area contributed by atoms with E-state index in [1.807, 2.05) is 13.0 Å². The molecule has 2 aromatic heterocycles. The normalized spacial score (nSPS) is 12.3. The Bertz CT molecular complexity index is 1370. The number of carbonyl (C=O) groups is 1. The molecule has 2 N–H and O–H groups in total. The smallest absolute Gasteiger partial charge is 0.362 e. The Kier molecular flexibility index (Phi) is 6.79. The number of anilines is 2. The molecule has 6 nitrogen and oxygen atoms in total. The second-order valence-corrected chi connectivity index (χ2v) is 8.35. The van der Waals surface area contributed by atoms with Crippen molar-refractivity contribution in [3.63, 3.8) is 0 Å². The standard InChI is InChI=1S/C25H21ClF3N5O/c1-15-5-4-8-34(15)21-11-18(9-19(12-21)25(27,28)29)24(35)32-20-7-3-6-17(10-20)16(2)31-23-14-30-13-22(26)33-23/h3-14,16H,1-2H3,(H,31,33)(H,32,35)/t16-/m0/s1. The maximum Gasteiger partial charge on any atom is 0.416 e. The van der Waals surface area contributed by atoms with Crippen molar-refractivity contribution in [3.8, 4) is 5.69 Å². The van der Waals surface area contributed by atoms with Crippen molar-refractivity contribution in [3.05, 3.63) is 101 Å². The second kappa shape index (κ2) is 9.79. The highest BCUT2D eigenvalue weighted by Gasteiger charge is 2.32. The number of rotatable bonds is 6. The fraction of sp³-hybridized carbons (Fsp3) is 0.160. The molecule has 0 radical (unpaired) electrons. The number of hydrogen-bond donors (Lipinski definition) is 2. The molecule has 35 heavy (non-hydrogen) atoms. The minimum Gasteiger partial charge on any atom is -0.362 e. The van der Waals surface area contributed by atoms with Crippen LogP contribution in [0.1, 0.15) is 40.1 Å². The Morgan fingerprint density at radius 2 is 1.89 bits per heavy atom. The number of amides is 1. The van der Waals surface area contributed by atoms with E-state index in [0.717, 1.165) is 23.4 Å². The minimum atomic E-state index is -4.60. The molecule has 4 rings (SSSR count). The predicted molar refractivity (Wildman–Crippen MR) is 129 cm³/mol. The molecule has 10 heteroatoms. The zero-order valence-electron chi connectivity index (χ0n) is 18.8. The number of aryl methyl sites for hydroxylation is 1. The van der Waals surface area contributed by atoms with Gasteiger partial charge in [-0.2, -0.15) is 13.2 Å². The van der Waals surface area contributed by atoms with Gasteiger partial charge in [0.1, 0.15) is 11.0 Å². The molecule has 0 bridgehead atoms. The predicted octanol–water partition coefficient (Wildman–Crippen LogP) is 6.67. The first-order valence-corrected chi connectivity index (χ1v) is 11.0. The van der Waals surface area contributed by atoms with Crippen LogP contribution in [0.3, 0.4) is 0 Å². The lowest BCUT2D eigenvalue weighted by Gasteiger charge is -2.17. The minimum absolute atomic E-state index is 0.103. The summed E-state index contributed by atoms with van der Waals surface area (Å²) < 4.78 is 42.3. The van der Waals surface area contributed by atoms with Crippen molar-refractivity contribution >= 4 is 29.0 Å². The van der Waals surface area contributed by atoms with Crippen LogP contribution in [0.4, 0.5) is 24.7 Å². The largest absolute Gasteiger partial charge is 0.416 e. The first kappa shape index (κ1) is 24.3. The SMILES string of the molecule is Cc1cccn1-c1cc(C(=O)Nc2cccc([C@H](C)Nc3cncc(Cl)n3)c2)cc(C(F)(F)F)c1. The van der Waals surface area contributed by atoms with Crippen LogP contribution in [0.2, 0.25) is 5.15 Å². The Hall–Kier alpha value is -3.85. The van der Waals surface area contributed by atoms with Gasteiger partial charge in [0.05, 0.1) is 24.0 Å². The van der Waals surface area contributed by atoms with E-state index in [2.05, 4.69) is 20.6 Å². The number of alkyl halides is 3. The first-order valence-electron chi connectivity index (χ1n) is 10.6. The monoisotopic (exact) mass is 499 g/mol. The maximum atomic E-state index is 13.6. The highest BCUT2D eigenvalue weighted by molar-refractivity contribution is 6.29. The number of aromatic nitrogens is 3. The number of benzene rings is 2. The molecule has 0 aliphatic carbocycles. The third-order valence-electron chi connectivity index (χ3n) is 5.35. The highest BCUT2D eigenvalue weighted by Crippen LogP contribution is 2.32. The Morgan fingerprint density at radius 1 is 1.09 bits per heavy atom. The Morgan fingerprint density at radius 3 is 2.57 bits per heavy atom. The van der Waals surface area contributed by atoms with Crippen LogP contribution in [0.25, 0.3) is 5.69 Å². The van der Waals surface area contributed by atoms with Crippen LogP contribution < -0.4 is 10.6 Å². The van der Waals surface area contributed by atoms with Crippen LogP contribution >= 0.6 is 11.6 Å². The molecule has 2 heterocycles. The summed E-state index contributed by atoms with van der Waals surface area (Å²) in [5.74, 6) is -0.170. The van der Waals surface area contributed by atoms with Gasteiger partial charge in [0.2, 0.25) is 0 Å². The third-order valence-corrected chi connectivity index (χ3v) is 5.53. The zero-order chi connectivity index (χ0) is 25.2. The second-order valence-electron chi connectivity index (χ2n) is 7.96. The van der Waals surface area contributed by atoms with Crippen molar-refractivity contribution in [1.82, 2.24) is 14.5 Å². The van der Waals surface area contributed by atoms with E-state index in [4.69, 9.17) is 11.6 Å². The molecule has 0 saturated carbocycles. The number of carbonyl (C=O) groups excluding carboxylic acids is 1. The van der Waals surface area contributed by atoms with Crippen LogP contribution in [0.15, 0.2) is 73.2 Å². The summed E-state index contributed by atoms with van der Waals surface area (Å²) in [5, 5.41) is 6.11. The van der Waals surface area contributed by atoms with Gasteiger partial charge in [0.25, 0.3) is 5.91 Å². The lowest BCUT2D eigenvalue weighted by atomic mass is 10.1. The molecular formula is C25H21ClF3N5O. The summed E-state index contributed by atoms with van der Waals surface area (Å²) in [5.41, 5.74) is 1.25. The molecule has 0 fully saturated rings. The van der Waals surface area contributed by atoms with Gasteiger partial charge in [-0.3, -0.25) is 9.78 Å². The van der Waals surface area contributed by atoms with Gasteiger partial charge in [-0.1, -0.05) is 23.7 Å². The molecule has 0 spiro atoms. The Labute approximate surface area is 204 Å². The Balaban J connectivity index is 1.58. The van der Waals surface area contributed by atoms with E-state index in [1.54, 1.807) is 48.0 Å². The van der Waals surface area contributed by atoms with E-state index < -0.39 is 17.6 Å². The molecule has 0 aliphatic rings. The molecule has 2 aromatic carbocycles. The molecule has 180 valence electrons. The summed E-state index contributed by atoms with van der Waals surface area (Å²) in [7, 11) is 0. The summed E-state index contributed by atoms with van der Waals surface area (Å²) in [4.78, 5) is 21.1. The van der Waals surface area contributed by atoms with Gasteiger partial charge in [-0.25, -0.2) is 4.98 Å². The van der Waals surface area contributed by atoms with Crippen molar-refractivity contribution in [2.45, 2.75) is 26.1 Å². The number of nitrogens with zero attached hydrogens (tertiary/aromatic N) is 3. The van der Waals surface area contributed by atoms with Gasteiger partial charge >= 0.3 is 6.18 Å². The summed E-state index contributed by atoms with van der Waals surface area (Å²) in [6.07, 6.45) is 0.00105. The van der Waals surface area contributed by atoms with Gasteiger partial charge in [-0.05, 0) is 61.9 Å². The van der Waals surface area contributed by atoms with E-state index in [1.165, 1.54) is 18.5 Å². The third kappa shape index (κ3) is 5.81. The molecule has 0 unspecified atom stereocenters. The van der Waals surface area contributed by atoms with E-state index in [9.17, 15) is 18.0 Å². The fourth-order valence-corrected chi connectivity index (χ4v) is 3.75. The molecule has 4 aromatic rings. The summed E-state index contributed by atoms with van der Waals surface area (Å²) >= 11 is 5.87. The zero-order valence-corrected chi connectivity index (χ0v) is 19.5. The van der Waals surface area contributed by atoms with Crippen LogP contribution in [-0.2, 0) is 6.18 Å². The first-order chi connectivity index (χ1) is 16.6. The summed E-state index contributed by atoms with van der Waals surface area (Å²) in [6.45, 7) is 3.66. The topological polar surface area (TPSA) is 71.8 Å².